The molecule has 0 spiro atoms. The molecular formula is C25H20ClN5O4. The van der Waals surface area contributed by atoms with Crippen molar-refractivity contribution in [2.24, 2.45) is 5.10 Å². The molecule has 0 aliphatic heterocycles. The number of hydrazone groups is 1. The lowest BCUT2D eigenvalue weighted by Gasteiger charge is -2.07. The van der Waals surface area contributed by atoms with Crippen molar-refractivity contribution in [3.63, 3.8) is 0 Å². The fourth-order valence-electron chi connectivity index (χ4n) is 3.62. The molecule has 0 saturated heterocycles. The van der Waals surface area contributed by atoms with E-state index >= 15 is 0 Å². The highest BCUT2D eigenvalue weighted by Crippen LogP contribution is 2.21. The summed E-state index contributed by atoms with van der Waals surface area (Å²) < 4.78 is 1.79. The van der Waals surface area contributed by atoms with Gasteiger partial charge in [0.2, 0.25) is 11.8 Å². The molecule has 4 rings (SSSR count). The van der Waals surface area contributed by atoms with Crippen molar-refractivity contribution < 1.29 is 14.5 Å². The van der Waals surface area contributed by atoms with Gasteiger partial charge in [0.1, 0.15) is 6.54 Å². The molecule has 0 bridgehead atoms. The van der Waals surface area contributed by atoms with Crippen LogP contribution in [0.2, 0.25) is 5.02 Å². The number of hydrogen-bond donors (Lipinski definition) is 2. The molecule has 0 aliphatic rings. The van der Waals surface area contributed by atoms with Crippen LogP contribution in [0.15, 0.2) is 84.1 Å². The van der Waals surface area contributed by atoms with E-state index in [0.717, 1.165) is 10.9 Å². The van der Waals surface area contributed by atoms with Gasteiger partial charge < -0.3 is 9.88 Å². The summed E-state index contributed by atoms with van der Waals surface area (Å²) in [6.45, 7) is 0.0704. The lowest BCUT2D eigenvalue weighted by molar-refractivity contribution is -0.385. The van der Waals surface area contributed by atoms with E-state index in [2.05, 4.69) is 15.8 Å². The number of anilines is 1. The van der Waals surface area contributed by atoms with Crippen LogP contribution in [0.25, 0.3) is 10.9 Å². The number of benzene rings is 3. The maximum Gasteiger partial charge on any atom is 0.273 e. The Balaban J connectivity index is 1.45. The normalized spacial score (nSPS) is 11.0. The van der Waals surface area contributed by atoms with Gasteiger partial charge in [0, 0.05) is 45.0 Å². The average Bonchev–Trinajstić information content (AvgIpc) is 3.18. The topological polar surface area (TPSA) is 119 Å². The smallest absolute Gasteiger partial charge is 0.273 e. The summed E-state index contributed by atoms with van der Waals surface area (Å²) >= 11 is 5.88. The zero-order valence-corrected chi connectivity index (χ0v) is 19.1. The molecule has 9 nitrogen and oxygen atoms in total. The molecule has 0 atom stereocenters. The third-order valence-corrected chi connectivity index (χ3v) is 5.45. The van der Waals surface area contributed by atoms with Gasteiger partial charge in [-0.05, 0) is 30.3 Å². The van der Waals surface area contributed by atoms with Crippen molar-refractivity contribution in [1.29, 1.82) is 0 Å². The molecule has 0 radical (unpaired) electrons. The molecule has 1 heterocycles. The van der Waals surface area contributed by atoms with Crippen LogP contribution in [-0.4, -0.2) is 27.5 Å². The van der Waals surface area contributed by atoms with E-state index in [-0.39, 0.29) is 24.6 Å². The number of carbonyl (C=O) groups is 2. The zero-order valence-electron chi connectivity index (χ0n) is 18.3. The standard InChI is InChI=1S/C25H20ClN5O4/c26-19-9-11-20(12-10-19)28-25(33)16-30-15-18(21-6-2-4-8-23(21)30)14-27-29-24(32)13-17-5-1-3-7-22(17)31(34)35/h1-12,14-15H,13,16H2,(H,28,33)(H,29,32)/b27-14+. The van der Waals surface area contributed by atoms with Crippen molar-refractivity contribution in [3.05, 3.63) is 105 Å². The van der Waals surface area contributed by atoms with Crippen molar-refractivity contribution in [2.45, 2.75) is 13.0 Å². The van der Waals surface area contributed by atoms with Gasteiger partial charge in [-0.3, -0.25) is 19.7 Å². The van der Waals surface area contributed by atoms with Gasteiger partial charge in [-0.15, -0.1) is 0 Å². The van der Waals surface area contributed by atoms with Crippen LogP contribution in [0.3, 0.4) is 0 Å². The monoisotopic (exact) mass is 489 g/mol. The number of nitro benzene ring substituents is 1. The Morgan fingerprint density at radius 2 is 1.71 bits per heavy atom. The number of nitrogens with one attached hydrogen (secondary N) is 2. The molecule has 1 aromatic heterocycles. The van der Waals surface area contributed by atoms with Crippen molar-refractivity contribution in [1.82, 2.24) is 9.99 Å². The van der Waals surface area contributed by atoms with E-state index in [4.69, 9.17) is 11.6 Å². The average molecular weight is 490 g/mol. The minimum atomic E-state index is -0.524. The molecule has 0 aliphatic carbocycles. The summed E-state index contributed by atoms with van der Waals surface area (Å²) in [5.74, 6) is -0.698. The number of nitro groups is 1. The number of fused-ring (bicyclic) bond motifs is 1. The summed E-state index contributed by atoms with van der Waals surface area (Å²) in [5, 5.41) is 19.4. The van der Waals surface area contributed by atoms with Crippen LogP contribution in [-0.2, 0) is 22.6 Å². The summed E-state index contributed by atoms with van der Waals surface area (Å²) in [6, 6.07) is 20.4. The van der Waals surface area contributed by atoms with Crippen LogP contribution < -0.4 is 10.7 Å². The Morgan fingerprint density at radius 1 is 1.00 bits per heavy atom. The third-order valence-electron chi connectivity index (χ3n) is 5.19. The fourth-order valence-corrected chi connectivity index (χ4v) is 3.75. The number of aromatic nitrogens is 1. The van der Waals surface area contributed by atoms with Gasteiger partial charge in [0.15, 0.2) is 0 Å². The molecule has 0 unspecified atom stereocenters. The number of hydrogen-bond acceptors (Lipinski definition) is 5. The van der Waals surface area contributed by atoms with Crippen molar-refractivity contribution >= 4 is 51.9 Å². The van der Waals surface area contributed by atoms with Gasteiger partial charge in [-0.2, -0.15) is 5.10 Å². The summed E-state index contributed by atoms with van der Waals surface area (Å²) in [7, 11) is 0. The highest BCUT2D eigenvalue weighted by Gasteiger charge is 2.15. The first-order valence-corrected chi connectivity index (χ1v) is 11.0. The molecule has 4 aromatic rings. The van der Waals surface area contributed by atoms with Gasteiger partial charge in [0.05, 0.1) is 17.6 Å². The van der Waals surface area contributed by atoms with E-state index in [1.165, 1.54) is 18.3 Å². The Morgan fingerprint density at radius 3 is 2.49 bits per heavy atom. The lowest BCUT2D eigenvalue weighted by atomic mass is 10.1. The second kappa shape index (κ2) is 10.6. The molecule has 2 amide bonds. The van der Waals surface area contributed by atoms with E-state index in [0.29, 0.717) is 21.8 Å². The SMILES string of the molecule is O=C(Cc1ccccc1[N+](=O)[O-])N/N=C/c1cn(CC(=O)Nc2ccc(Cl)cc2)c2ccccc12. The predicted molar refractivity (Wildman–Crippen MR) is 135 cm³/mol. The second-order valence-electron chi connectivity index (χ2n) is 7.64. The van der Waals surface area contributed by atoms with E-state index in [9.17, 15) is 19.7 Å². The lowest BCUT2D eigenvalue weighted by Crippen LogP contribution is -2.20. The molecule has 176 valence electrons. The van der Waals surface area contributed by atoms with Gasteiger partial charge >= 0.3 is 0 Å². The molecule has 3 aromatic carbocycles. The van der Waals surface area contributed by atoms with Crippen LogP contribution in [0, 0.1) is 10.1 Å². The first-order valence-electron chi connectivity index (χ1n) is 10.6. The predicted octanol–water partition coefficient (Wildman–Crippen LogP) is 4.53. The Hall–Kier alpha value is -4.50. The van der Waals surface area contributed by atoms with Crippen LogP contribution in [0.1, 0.15) is 11.1 Å². The molecule has 35 heavy (non-hydrogen) atoms. The maximum absolute atomic E-state index is 12.6. The van der Waals surface area contributed by atoms with Crippen LogP contribution in [0.5, 0.6) is 0 Å². The molecule has 10 heteroatoms. The number of para-hydroxylation sites is 2. The number of nitrogens with zero attached hydrogens (tertiary/aromatic N) is 3. The fraction of sp³-hybridized carbons (Fsp3) is 0.0800. The number of carbonyl (C=O) groups excluding carboxylic acids is 2. The van der Waals surface area contributed by atoms with Crippen molar-refractivity contribution in [3.8, 4) is 0 Å². The van der Waals surface area contributed by atoms with Gasteiger partial charge in [0.25, 0.3) is 5.69 Å². The molecule has 2 N–H and O–H groups in total. The Bertz CT molecular complexity index is 1430. The van der Waals surface area contributed by atoms with Crippen LogP contribution >= 0.6 is 11.6 Å². The largest absolute Gasteiger partial charge is 0.337 e. The molecule has 0 fully saturated rings. The van der Waals surface area contributed by atoms with Crippen LogP contribution in [0.4, 0.5) is 11.4 Å². The second-order valence-corrected chi connectivity index (χ2v) is 8.08. The highest BCUT2D eigenvalue weighted by molar-refractivity contribution is 6.30. The van der Waals surface area contributed by atoms with Gasteiger partial charge in [-0.25, -0.2) is 5.43 Å². The number of rotatable bonds is 8. The summed E-state index contributed by atoms with van der Waals surface area (Å²) in [5.41, 5.74) is 4.75. The summed E-state index contributed by atoms with van der Waals surface area (Å²) in [6.07, 6.45) is 3.07. The molecular weight excluding hydrogens is 470 g/mol. The first-order chi connectivity index (χ1) is 16.9. The van der Waals surface area contributed by atoms with Gasteiger partial charge in [-0.1, -0.05) is 48.0 Å². The third kappa shape index (κ3) is 5.90. The Labute approximate surface area is 205 Å². The maximum atomic E-state index is 12.6. The quantitative estimate of drug-likeness (QED) is 0.214. The molecule has 0 saturated carbocycles. The zero-order chi connectivity index (χ0) is 24.8. The van der Waals surface area contributed by atoms with E-state index < -0.39 is 10.8 Å². The summed E-state index contributed by atoms with van der Waals surface area (Å²) in [4.78, 5) is 35.4. The highest BCUT2D eigenvalue weighted by atomic mass is 35.5. The minimum absolute atomic E-state index is 0.0704. The number of amides is 2. The number of halogens is 1. The minimum Gasteiger partial charge on any atom is -0.337 e. The van der Waals surface area contributed by atoms with E-state index in [1.807, 2.05) is 24.3 Å². The van der Waals surface area contributed by atoms with Crippen molar-refractivity contribution in [2.75, 3.05) is 5.32 Å². The van der Waals surface area contributed by atoms with E-state index in [1.54, 1.807) is 47.2 Å². The first kappa shape index (κ1) is 23.7. The Kier molecular flexibility index (Phi) is 7.18.